The highest BCUT2D eigenvalue weighted by atomic mass is 32.1. The predicted molar refractivity (Wildman–Crippen MR) is 115 cm³/mol. The standard InChI is InChI=1S/C23H24N2OS/c1-15(2)19-10-7-18(8-11-19)9-12-22(26)25-23-24-21(14-27-23)20-13-16(3)5-6-17(20)4/h5-15H,1-4H3,(H,24,25,26). The van der Waals surface area contributed by atoms with Gasteiger partial charge in [0.1, 0.15) is 0 Å². The van der Waals surface area contributed by atoms with Crippen LogP contribution < -0.4 is 5.32 Å². The normalized spacial score (nSPS) is 11.3. The topological polar surface area (TPSA) is 42.0 Å². The van der Waals surface area contributed by atoms with Gasteiger partial charge in [0.25, 0.3) is 0 Å². The minimum absolute atomic E-state index is 0.176. The molecule has 3 aromatic rings. The number of thiazole rings is 1. The van der Waals surface area contributed by atoms with Crippen molar-refractivity contribution in [1.82, 2.24) is 4.98 Å². The molecule has 0 aliphatic rings. The van der Waals surface area contributed by atoms with Crippen LogP contribution in [0.3, 0.4) is 0 Å². The van der Waals surface area contributed by atoms with Crippen molar-refractivity contribution in [1.29, 1.82) is 0 Å². The summed E-state index contributed by atoms with van der Waals surface area (Å²) in [5, 5.41) is 5.43. The third-order valence-corrected chi connectivity index (χ3v) is 5.19. The van der Waals surface area contributed by atoms with Gasteiger partial charge < -0.3 is 0 Å². The van der Waals surface area contributed by atoms with Crippen LogP contribution in [0.15, 0.2) is 53.9 Å². The van der Waals surface area contributed by atoms with E-state index in [1.165, 1.54) is 28.0 Å². The quantitative estimate of drug-likeness (QED) is 0.538. The second kappa shape index (κ2) is 8.31. The molecule has 0 bridgehead atoms. The lowest BCUT2D eigenvalue weighted by Crippen LogP contribution is -2.07. The minimum Gasteiger partial charge on any atom is -0.298 e. The lowest BCUT2D eigenvalue weighted by Gasteiger charge is -2.04. The summed E-state index contributed by atoms with van der Waals surface area (Å²) < 4.78 is 0. The van der Waals surface area contributed by atoms with Crippen molar-refractivity contribution in [3.63, 3.8) is 0 Å². The van der Waals surface area contributed by atoms with Crippen LogP contribution in [-0.2, 0) is 4.79 Å². The molecule has 0 aliphatic heterocycles. The van der Waals surface area contributed by atoms with Gasteiger partial charge in [-0.1, -0.05) is 55.8 Å². The first kappa shape index (κ1) is 19.1. The molecular formula is C23H24N2OS. The highest BCUT2D eigenvalue weighted by Crippen LogP contribution is 2.28. The first-order valence-corrected chi connectivity index (χ1v) is 9.92. The van der Waals surface area contributed by atoms with E-state index in [0.717, 1.165) is 16.8 Å². The Bertz CT molecular complexity index is 968. The van der Waals surface area contributed by atoms with Gasteiger partial charge >= 0.3 is 0 Å². The molecule has 0 saturated heterocycles. The van der Waals surface area contributed by atoms with Crippen LogP contribution in [0, 0.1) is 13.8 Å². The summed E-state index contributed by atoms with van der Waals surface area (Å²) >= 11 is 1.44. The van der Waals surface area contributed by atoms with Gasteiger partial charge in [-0.3, -0.25) is 10.1 Å². The van der Waals surface area contributed by atoms with E-state index < -0.39 is 0 Å². The first-order chi connectivity index (χ1) is 12.9. The summed E-state index contributed by atoms with van der Waals surface area (Å²) in [6.07, 6.45) is 3.36. The van der Waals surface area contributed by atoms with Crippen LogP contribution in [0.4, 0.5) is 5.13 Å². The average Bonchev–Trinajstić information content (AvgIpc) is 3.10. The first-order valence-electron chi connectivity index (χ1n) is 9.04. The summed E-state index contributed by atoms with van der Waals surface area (Å²) in [5.74, 6) is 0.326. The molecule has 0 unspecified atom stereocenters. The number of anilines is 1. The fourth-order valence-corrected chi connectivity index (χ4v) is 3.49. The molecule has 0 saturated carbocycles. The van der Waals surface area contributed by atoms with Crippen molar-refractivity contribution in [2.45, 2.75) is 33.6 Å². The fourth-order valence-electron chi connectivity index (χ4n) is 2.78. The van der Waals surface area contributed by atoms with Crippen molar-refractivity contribution in [3.05, 3.63) is 76.2 Å². The Morgan fingerprint density at radius 2 is 1.85 bits per heavy atom. The Morgan fingerprint density at radius 3 is 2.56 bits per heavy atom. The molecule has 3 rings (SSSR count). The number of hydrogen-bond acceptors (Lipinski definition) is 3. The van der Waals surface area contributed by atoms with E-state index in [0.29, 0.717) is 11.0 Å². The molecule has 27 heavy (non-hydrogen) atoms. The largest absolute Gasteiger partial charge is 0.298 e. The van der Waals surface area contributed by atoms with Crippen molar-refractivity contribution in [3.8, 4) is 11.3 Å². The second-order valence-electron chi connectivity index (χ2n) is 7.00. The maximum absolute atomic E-state index is 12.2. The van der Waals surface area contributed by atoms with Crippen LogP contribution in [-0.4, -0.2) is 10.9 Å². The van der Waals surface area contributed by atoms with Crippen molar-refractivity contribution >= 4 is 28.5 Å². The summed E-state index contributed by atoms with van der Waals surface area (Å²) in [4.78, 5) is 16.8. The number of rotatable bonds is 5. The van der Waals surface area contributed by atoms with Crippen LogP contribution in [0.1, 0.15) is 42.0 Å². The van der Waals surface area contributed by atoms with E-state index in [9.17, 15) is 4.79 Å². The number of benzene rings is 2. The molecule has 0 fully saturated rings. The number of carbonyl (C=O) groups is 1. The molecule has 1 N–H and O–H groups in total. The zero-order valence-electron chi connectivity index (χ0n) is 16.1. The summed E-state index contributed by atoms with van der Waals surface area (Å²) in [6.45, 7) is 8.47. The maximum atomic E-state index is 12.2. The molecule has 1 amide bonds. The molecule has 0 radical (unpaired) electrons. The van der Waals surface area contributed by atoms with E-state index in [1.54, 1.807) is 6.08 Å². The van der Waals surface area contributed by atoms with Crippen molar-refractivity contribution in [2.24, 2.45) is 0 Å². The Hall–Kier alpha value is -2.72. The van der Waals surface area contributed by atoms with E-state index >= 15 is 0 Å². The van der Waals surface area contributed by atoms with Crippen molar-refractivity contribution in [2.75, 3.05) is 5.32 Å². The van der Waals surface area contributed by atoms with Crippen LogP contribution in [0.25, 0.3) is 17.3 Å². The number of carbonyl (C=O) groups excluding carboxylic acids is 1. The molecule has 0 aliphatic carbocycles. The number of aromatic nitrogens is 1. The Labute approximate surface area is 164 Å². The van der Waals surface area contributed by atoms with Gasteiger partial charge in [-0.05, 0) is 48.6 Å². The third kappa shape index (κ3) is 4.92. The Kier molecular flexibility index (Phi) is 5.87. The van der Waals surface area contributed by atoms with Gasteiger partial charge in [-0.25, -0.2) is 4.98 Å². The smallest absolute Gasteiger partial charge is 0.250 e. The van der Waals surface area contributed by atoms with Crippen LogP contribution in [0.5, 0.6) is 0 Å². The molecule has 0 spiro atoms. The monoisotopic (exact) mass is 376 g/mol. The molecule has 1 aromatic heterocycles. The maximum Gasteiger partial charge on any atom is 0.250 e. The SMILES string of the molecule is Cc1ccc(C)c(-c2csc(NC(=O)C=Cc3ccc(C(C)C)cc3)n2)c1. The molecule has 4 heteroatoms. The zero-order valence-corrected chi connectivity index (χ0v) is 16.9. The lowest BCUT2D eigenvalue weighted by atomic mass is 10.0. The summed E-state index contributed by atoms with van der Waals surface area (Å²) in [7, 11) is 0. The van der Waals surface area contributed by atoms with Gasteiger partial charge in [0.2, 0.25) is 5.91 Å². The molecule has 0 atom stereocenters. The summed E-state index contributed by atoms with van der Waals surface area (Å²) in [5.41, 5.74) is 6.66. The number of nitrogens with one attached hydrogen (secondary N) is 1. The molecule has 2 aromatic carbocycles. The molecule has 3 nitrogen and oxygen atoms in total. The number of aryl methyl sites for hydroxylation is 2. The van der Waals surface area contributed by atoms with Gasteiger partial charge in [-0.2, -0.15) is 0 Å². The van der Waals surface area contributed by atoms with Gasteiger partial charge in [0.15, 0.2) is 5.13 Å². The molecule has 1 heterocycles. The summed E-state index contributed by atoms with van der Waals surface area (Å²) in [6, 6.07) is 14.6. The Balaban J connectivity index is 1.66. The van der Waals surface area contributed by atoms with E-state index in [-0.39, 0.29) is 5.91 Å². The van der Waals surface area contributed by atoms with Crippen molar-refractivity contribution < 1.29 is 4.79 Å². The average molecular weight is 377 g/mol. The van der Waals surface area contributed by atoms with Gasteiger partial charge in [0, 0.05) is 17.0 Å². The predicted octanol–water partition coefficient (Wildman–Crippen LogP) is 6.20. The van der Waals surface area contributed by atoms with Gasteiger partial charge in [-0.15, -0.1) is 11.3 Å². The third-order valence-electron chi connectivity index (χ3n) is 4.43. The second-order valence-corrected chi connectivity index (χ2v) is 7.86. The van der Waals surface area contributed by atoms with Crippen LogP contribution >= 0.6 is 11.3 Å². The molecular weight excluding hydrogens is 352 g/mol. The highest BCUT2D eigenvalue weighted by Gasteiger charge is 2.09. The molecule has 138 valence electrons. The van der Waals surface area contributed by atoms with Crippen LogP contribution in [0.2, 0.25) is 0 Å². The minimum atomic E-state index is -0.176. The number of amides is 1. The number of hydrogen-bond donors (Lipinski definition) is 1. The lowest BCUT2D eigenvalue weighted by molar-refractivity contribution is -0.111. The van der Waals surface area contributed by atoms with Gasteiger partial charge in [0.05, 0.1) is 5.69 Å². The van der Waals surface area contributed by atoms with E-state index in [2.05, 4.69) is 68.3 Å². The highest BCUT2D eigenvalue weighted by molar-refractivity contribution is 7.14. The fraction of sp³-hybridized carbons (Fsp3) is 0.217. The zero-order chi connectivity index (χ0) is 19.4. The number of nitrogens with zero attached hydrogens (tertiary/aromatic N) is 1. The van der Waals surface area contributed by atoms with E-state index in [1.807, 2.05) is 23.6 Å². The van der Waals surface area contributed by atoms with E-state index in [4.69, 9.17) is 0 Å². The Morgan fingerprint density at radius 1 is 1.11 bits per heavy atom.